The van der Waals surface area contributed by atoms with Crippen LogP contribution < -0.4 is 16.8 Å². The molecule has 0 bridgehead atoms. The maximum Gasteiger partial charge on any atom is 0.328 e. The van der Waals surface area contributed by atoms with Gasteiger partial charge >= 0.3 is 5.97 Å². The van der Waals surface area contributed by atoms with Crippen molar-refractivity contribution in [3.05, 3.63) is 48.0 Å². The maximum absolute atomic E-state index is 13.5. The minimum atomic E-state index is -0.680. The number of aliphatic imine (C=N–C) groups is 1. The molecule has 0 spiro atoms. The van der Waals surface area contributed by atoms with Crippen molar-refractivity contribution in [3.8, 4) is 0 Å². The first-order chi connectivity index (χ1) is 15.4. The zero-order valence-corrected chi connectivity index (χ0v) is 18.8. The molecule has 1 aliphatic rings. The summed E-state index contributed by atoms with van der Waals surface area (Å²) in [5, 5.41) is 5.63. The number of nitrogens with two attached hydrogens (primary N) is 2. The number of esters is 1. The lowest BCUT2D eigenvalue weighted by Crippen LogP contribution is -2.52. The molecule has 172 valence electrons. The van der Waals surface area contributed by atoms with Gasteiger partial charge in [-0.3, -0.25) is 9.79 Å². The minimum absolute atomic E-state index is 0.0429. The van der Waals surface area contributed by atoms with Crippen LogP contribution in [0.5, 0.6) is 0 Å². The number of methoxy groups -OCH3 is 1. The molecule has 1 saturated heterocycles. The smallest absolute Gasteiger partial charge is 0.328 e. The van der Waals surface area contributed by atoms with Crippen LogP contribution in [0.1, 0.15) is 31.7 Å². The second kappa shape index (κ2) is 10.9. The molecule has 8 nitrogen and oxygen atoms in total. The molecule has 3 atom stereocenters. The lowest BCUT2D eigenvalue weighted by molar-refractivity contribution is -0.153. The van der Waals surface area contributed by atoms with Gasteiger partial charge in [0.15, 0.2) is 5.96 Å². The van der Waals surface area contributed by atoms with Gasteiger partial charge < -0.3 is 26.4 Å². The highest BCUT2D eigenvalue weighted by Crippen LogP contribution is 2.21. The summed E-state index contributed by atoms with van der Waals surface area (Å²) in [7, 11) is 1.37. The highest BCUT2D eigenvalue weighted by molar-refractivity contribution is 5.88. The van der Waals surface area contributed by atoms with Crippen LogP contribution in [0.25, 0.3) is 10.8 Å². The number of nitrogens with one attached hydrogen (secondary N) is 1. The van der Waals surface area contributed by atoms with E-state index in [9.17, 15) is 9.59 Å². The zero-order valence-electron chi connectivity index (χ0n) is 18.8. The molecule has 1 amide bonds. The van der Waals surface area contributed by atoms with E-state index >= 15 is 0 Å². The molecular weight excluding hydrogens is 406 g/mol. The maximum atomic E-state index is 13.5. The highest BCUT2D eigenvalue weighted by atomic mass is 16.5. The van der Waals surface area contributed by atoms with E-state index in [-0.39, 0.29) is 17.9 Å². The number of nitrogens with zero attached hydrogens (tertiary/aromatic N) is 2. The van der Waals surface area contributed by atoms with Gasteiger partial charge in [0.05, 0.1) is 13.2 Å². The van der Waals surface area contributed by atoms with E-state index in [0.717, 1.165) is 22.8 Å². The summed E-state index contributed by atoms with van der Waals surface area (Å²) in [4.78, 5) is 31.9. The SMILES string of the molecule is COC(=O)C(Cc1ccc2ccccc2c1)N1CCC(C)NC(CCCN=C(N)N)C1=O. The quantitative estimate of drug-likeness (QED) is 0.248. The Labute approximate surface area is 189 Å². The normalized spacial score (nSPS) is 19.9. The topological polar surface area (TPSA) is 123 Å². The predicted octanol–water partition coefficient (Wildman–Crippen LogP) is 1.56. The van der Waals surface area contributed by atoms with Crippen LogP contribution >= 0.6 is 0 Å². The molecule has 5 N–H and O–H groups in total. The Morgan fingerprint density at radius 2 is 2.00 bits per heavy atom. The predicted molar refractivity (Wildman–Crippen MR) is 126 cm³/mol. The standard InChI is InChI=1S/C24H33N5O3/c1-16-11-13-29(22(30)20(28-16)8-5-12-27-24(25)26)21(23(31)32-2)15-17-9-10-18-6-3-4-7-19(18)14-17/h3-4,6-7,9-10,14,16,20-21,28H,5,8,11-13,15H2,1-2H3,(H4,25,26,27). The molecule has 2 aromatic carbocycles. The van der Waals surface area contributed by atoms with Gasteiger partial charge in [0.1, 0.15) is 6.04 Å². The van der Waals surface area contributed by atoms with Crippen molar-refractivity contribution in [2.45, 2.75) is 50.7 Å². The van der Waals surface area contributed by atoms with Crippen molar-refractivity contribution < 1.29 is 14.3 Å². The first kappa shape index (κ1) is 23.5. The van der Waals surface area contributed by atoms with Crippen LogP contribution in [0.15, 0.2) is 47.5 Å². The number of amides is 1. The van der Waals surface area contributed by atoms with E-state index in [2.05, 4.69) is 29.4 Å². The molecule has 0 radical (unpaired) electrons. The summed E-state index contributed by atoms with van der Waals surface area (Å²) in [5.74, 6) is -0.447. The van der Waals surface area contributed by atoms with Gasteiger partial charge in [-0.25, -0.2) is 4.79 Å². The van der Waals surface area contributed by atoms with Gasteiger partial charge in [-0.2, -0.15) is 0 Å². The van der Waals surface area contributed by atoms with E-state index in [0.29, 0.717) is 32.4 Å². The molecular formula is C24H33N5O3. The lowest BCUT2D eigenvalue weighted by Gasteiger charge is -2.31. The van der Waals surface area contributed by atoms with Crippen LogP contribution in [0.4, 0.5) is 0 Å². The van der Waals surface area contributed by atoms with Gasteiger partial charge in [0.2, 0.25) is 5.91 Å². The molecule has 0 aliphatic carbocycles. The molecule has 3 rings (SSSR count). The summed E-state index contributed by atoms with van der Waals surface area (Å²) in [5.41, 5.74) is 11.8. The minimum Gasteiger partial charge on any atom is -0.467 e. The molecule has 1 heterocycles. The molecule has 0 saturated carbocycles. The van der Waals surface area contributed by atoms with Crippen LogP contribution in [0, 0.1) is 0 Å². The first-order valence-electron chi connectivity index (χ1n) is 11.1. The Morgan fingerprint density at radius 1 is 1.25 bits per heavy atom. The number of benzene rings is 2. The van der Waals surface area contributed by atoms with Crippen molar-refractivity contribution in [3.63, 3.8) is 0 Å². The summed E-state index contributed by atoms with van der Waals surface area (Å²) in [6.45, 7) is 3.00. The Balaban J connectivity index is 1.81. The second-order valence-electron chi connectivity index (χ2n) is 8.31. The van der Waals surface area contributed by atoms with Gasteiger partial charge in [0.25, 0.3) is 0 Å². The summed E-state index contributed by atoms with van der Waals surface area (Å²) in [6.07, 6.45) is 2.40. The largest absolute Gasteiger partial charge is 0.467 e. The van der Waals surface area contributed by atoms with Gasteiger partial charge in [-0.15, -0.1) is 0 Å². The number of hydrogen-bond donors (Lipinski definition) is 3. The summed E-state index contributed by atoms with van der Waals surface area (Å²) in [6, 6.07) is 13.3. The Bertz CT molecular complexity index is 973. The number of ether oxygens (including phenoxy) is 1. The second-order valence-corrected chi connectivity index (χ2v) is 8.31. The number of hydrogen-bond acceptors (Lipinski definition) is 5. The summed E-state index contributed by atoms with van der Waals surface area (Å²) >= 11 is 0. The Morgan fingerprint density at radius 3 is 2.72 bits per heavy atom. The monoisotopic (exact) mass is 439 g/mol. The van der Waals surface area contributed by atoms with Crippen molar-refractivity contribution in [2.24, 2.45) is 16.5 Å². The molecule has 2 aromatic rings. The van der Waals surface area contributed by atoms with E-state index in [1.807, 2.05) is 30.3 Å². The van der Waals surface area contributed by atoms with Crippen LogP contribution in [-0.4, -0.2) is 61.1 Å². The number of carbonyl (C=O) groups is 2. The van der Waals surface area contributed by atoms with Gasteiger partial charge in [-0.05, 0) is 42.5 Å². The first-order valence-corrected chi connectivity index (χ1v) is 11.1. The average molecular weight is 440 g/mol. The third kappa shape index (κ3) is 5.97. The highest BCUT2D eigenvalue weighted by Gasteiger charge is 2.36. The van der Waals surface area contributed by atoms with E-state index in [1.54, 1.807) is 4.90 Å². The number of carbonyl (C=O) groups excluding carboxylic acids is 2. The number of rotatable bonds is 8. The lowest BCUT2D eigenvalue weighted by atomic mass is 9.99. The van der Waals surface area contributed by atoms with Crippen molar-refractivity contribution in [1.29, 1.82) is 0 Å². The molecule has 0 aromatic heterocycles. The Hall–Kier alpha value is -3.13. The van der Waals surface area contributed by atoms with Crippen LogP contribution in [0.2, 0.25) is 0 Å². The van der Waals surface area contributed by atoms with Crippen LogP contribution in [-0.2, 0) is 20.7 Å². The van der Waals surface area contributed by atoms with Gasteiger partial charge in [-0.1, -0.05) is 42.5 Å². The van der Waals surface area contributed by atoms with Crippen molar-refractivity contribution in [1.82, 2.24) is 10.2 Å². The van der Waals surface area contributed by atoms with E-state index < -0.39 is 18.1 Å². The van der Waals surface area contributed by atoms with Crippen molar-refractivity contribution in [2.75, 3.05) is 20.2 Å². The number of guanidine groups is 1. The summed E-state index contributed by atoms with van der Waals surface area (Å²) < 4.78 is 5.10. The third-order valence-electron chi connectivity index (χ3n) is 5.91. The molecule has 3 unspecified atom stereocenters. The molecule has 32 heavy (non-hydrogen) atoms. The fourth-order valence-electron chi connectivity index (χ4n) is 4.21. The zero-order chi connectivity index (χ0) is 23.1. The van der Waals surface area contributed by atoms with E-state index in [1.165, 1.54) is 7.11 Å². The fraction of sp³-hybridized carbons (Fsp3) is 0.458. The third-order valence-corrected chi connectivity index (χ3v) is 5.91. The van der Waals surface area contributed by atoms with E-state index in [4.69, 9.17) is 16.2 Å². The van der Waals surface area contributed by atoms with Gasteiger partial charge in [0, 0.05) is 25.6 Å². The van der Waals surface area contributed by atoms with Crippen molar-refractivity contribution >= 4 is 28.6 Å². The Kier molecular flexibility index (Phi) is 8.05. The molecule has 1 fully saturated rings. The van der Waals surface area contributed by atoms with Crippen LogP contribution in [0.3, 0.4) is 0 Å². The molecule has 8 heteroatoms. The fourth-order valence-corrected chi connectivity index (χ4v) is 4.21. The molecule has 1 aliphatic heterocycles. The number of fused-ring (bicyclic) bond motifs is 1. The average Bonchev–Trinajstić information content (AvgIpc) is 2.92.